The van der Waals surface area contributed by atoms with E-state index in [9.17, 15) is 32.1 Å². The molecule has 23 heavy (non-hydrogen) atoms. The van der Waals surface area contributed by atoms with Gasteiger partial charge in [-0.2, -0.15) is 8.42 Å². The number of rotatable bonds is 4. The van der Waals surface area contributed by atoms with Gasteiger partial charge in [0.25, 0.3) is 15.8 Å². The fraction of sp³-hybridized carbons (Fsp3) is 0. The van der Waals surface area contributed by atoms with E-state index in [1.807, 2.05) is 0 Å². The molecule has 11 heteroatoms. The fourth-order valence-corrected chi connectivity index (χ4v) is 4.59. The van der Waals surface area contributed by atoms with E-state index in [2.05, 4.69) is 0 Å². The molecule has 2 N–H and O–H groups in total. The van der Waals surface area contributed by atoms with Crippen LogP contribution in [0.5, 0.6) is 5.75 Å². The summed E-state index contributed by atoms with van der Waals surface area (Å²) >= 11 is 0. The number of phenols is 1. The van der Waals surface area contributed by atoms with E-state index >= 15 is 0 Å². The van der Waals surface area contributed by atoms with E-state index in [1.165, 1.54) is 12.1 Å². The standard InChI is InChI=1S/C12H9NO8S2/c14-8-5-6-11(23(19,20)21)12(7-8)22(17,18)10-4-2-1-3-9(10)13(15)16/h1-7,14H,(H,19,20,21). The van der Waals surface area contributed by atoms with Gasteiger partial charge >= 0.3 is 0 Å². The topological polar surface area (TPSA) is 152 Å². The Labute approximate surface area is 130 Å². The third-order valence-electron chi connectivity index (χ3n) is 2.85. The first-order valence-electron chi connectivity index (χ1n) is 5.84. The molecule has 0 heterocycles. The van der Waals surface area contributed by atoms with Crippen molar-refractivity contribution >= 4 is 25.6 Å². The predicted molar refractivity (Wildman–Crippen MR) is 76.5 cm³/mol. The Balaban J connectivity index is 2.87. The fourth-order valence-electron chi connectivity index (χ4n) is 1.87. The molecule has 9 nitrogen and oxygen atoms in total. The van der Waals surface area contributed by atoms with Crippen LogP contribution in [0.4, 0.5) is 5.69 Å². The normalized spacial score (nSPS) is 12.0. The van der Waals surface area contributed by atoms with Crippen LogP contribution >= 0.6 is 0 Å². The van der Waals surface area contributed by atoms with Gasteiger partial charge in [0.1, 0.15) is 15.5 Å². The van der Waals surface area contributed by atoms with Crippen LogP contribution in [0.2, 0.25) is 0 Å². The molecule has 0 atom stereocenters. The van der Waals surface area contributed by atoms with Gasteiger partial charge in [-0.3, -0.25) is 14.7 Å². The monoisotopic (exact) mass is 359 g/mol. The maximum Gasteiger partial charge on any atom is 0.295 e. The molecule has 0 bridgehead atoms. The zero-order valence-corrected chi connectivity index (χ0v) is 12.8. The number of para-hydroxylation sites is 1. The quantitative estimate of drug-likeness (QED) is 0.472. The molecule has 2 aromatic carbocycles. The maximum absolute atomic E-state index is 12.6. The molecular weight excluding hydrogens is 350 g/mol. The molecule has 2 rings (SSSR count). The molecular formula is C12H9NO8S2. The number of sulfone groups is 1. The Morgan fingerprint density at radius 2 is 1.52 bits per heavy atom. The third-order valence-corrected chi connectivity index (χ3v) is 5.73. The molecule has 0 radical (unpaired) electrons. The number of benzene rings is 2. The second-order valence-corrected chi connectivity index (χ2v) is 7.61. The molecule has 2 aromatic rings. The number of nitro benzene ring substituents is 1. The Morgan fingerprint density at radius 1 is 0.913 bits per heavy atom. The molecule has 0 aliphatic heterocycles. The molecule has 0 saturated carbocycles. The van der Waals surface area contributed by atoms with Gasteiger partial charge in [0.05, 0.1) is 9.82 Å². The van der Waals surface area contributed by atoms with E-state index in [0.29, 0.717) is 12.1 Å². The molecule has 0 aliphatic rings. The highest BCUT2D eigenvalue weighted by Crippen LogP contribution is 2.34. The summed E-state index contributed by atoms with van der Waals surface area (Å²) < 4.78 is 57.0. The second-order valence-electron chi connectivity index (χ2n) is 4.33. The molecule has 0 saturated heterocycles. The van der Waals surface area contributed by atoms with Crippen molar-refractivity contribution in [1.29, 1.82) is 0 Å². The highest BCUT2D eigenvalue weighted by atomic mass is 32.2. The number of nitro groups is 1. The summed E-state index contributed by atoms with van der Waals surface area (Å²) in [6.07, 6.45) is 0. The predicted octanol–water partition coefficient (Wildman–Crippen LogP) is 1.38. The highest BCUT2D eigenvalue weighted by molar-refractivity contribution is 7.93. The van der Waals surface area contributed by atoms with Gasteiger partial charge in [0.15, 0.2) is 0 Å². The van der Waals surface area contributed by atoms with Crippen molar-refractivity contribution in [3.8, 4) is 5.75 Å². The minimum Gasteiger partial charge on any atom is -0.508 e. The van der Waals surface area contributed by atoms with Crippen LogP contribution < -0.4 is 0 Å². The minimum absolute atomic E-state index is 0.588. The van der Waals surface area contributed by atoms with Crippen molar-refractivity contribution in [2.45, 2.75) is 14.7 Å². The van der Waals surface area contributed by atoms with Gasteiger partial charge in [-0.05, 0) is 18.2 Å². The average Bonchev–Trinajstić information content (AvgIpc) is 2.45. The lowest BCUT2D eigenvalue weighted by Gasteiger charge is -2.09. The largest absolute Gasteiger partial charge is 0.508 e. The third kappa shape index (κ3) is 3.16. The molecule has 0 aromatic heterocycles. The van der Waals surface area contributed by atoms with E-state index in [-0.39, 0.29) is 0 Å². The summed E-state index contributed by atoms with van der Waals surface area (Å²) in [4.78, 5) is 7.31. The molecule has 0 aliphatic carbocycles. The summed E-state index contributed by atoms with van der Waals surface area (Å²) in [7, 11) is -9.63. The lowest BCUT2D eigenvalue weighted by Crippen LogP contribution is -2.11. The van der Waals surface area contributed by atoms with Crippen LogP contribution in [-0.4, -0.2) is 31.4 Å². The van der Waals surface area contributed by atoms with Crippen molar-refractivity contribution in [3.05, 3.63) is 52.6 Å². The molecule has 0 spiro atoms. The zero-order valence-electron chi connectivity index (χ0n) is 11.1. The minimum atomic E-state index is -4.93. The lowest BCUT2D eigenvalue weighted by atomic mass is 10.3. The van der Waals surface area contributed by atoms with Gasteiger partial charge in [0, 0.05) is 12.1 Å². The van der Waals surface area contributed by atoms with Gasteiger partial charge in [-0.15, -0.1) is 0 Å². The smallest absolute Gasteiger partial charge is 0.295 e. The lowest BCUT2D eigenvalue weighted by molar-refractivity contribution is -0.387. The van der Waals surface area contributed by atoms with Crippen molar-refractivity contribution in [1.82, 2.24) is 0 Å². The first-order valence-corrected chi connectivity index (χ1v) is 8.76. The zero-order chi connectivity index (χ0) is 17.4. The summed E-state index contributed by atoms with van der Waals surface area (Å²) in [5, 5.41) is 20.4. The SMILES string of the molecule is O=[N+]([O-])c1ccccc1S(=O)(=O)c1cc(O)ccc1S(=O)(=O)O. The van der Waals surface area contributed by atoms with E-state index < -0.39 is 51.0 Å². The summed E-state index contributed by atoms with van der Waals surface area (Å²) in [6.45, 7) is 0. The number of aromatic hydroxyl groups is 1. The number of nitrogens with zero attached hydrogens (tertiary/aromatic N) is 1. The van der Waals surface area contributed by atoms with Crippen molar-refractivity contribution in [3.63, 3.8) is 0 Å². The summed E-state index contributed by atoms with van der Waals surface area (Å²) in [6, 6.07) is 6.45. The summed E-state index contributed by atoms with van der Waals surface area (Å²) in [5.41, 5.74) is -0.767. The van der Waals surface area contributed by atoms with Crippen molar-refractivity contribution < 1.29 is 31.4 Å². The molecule has 0 amide bonds. The molecule has 0 fully saturated rings. The first-order chi connectivity index (χ1) is 10.5. The van der Waals surface area contributed by atoms with Crippen molar-refractivity contribution in [2.24, 2.45) is 0 Å². The van der Waals surface area contributed by atoms with Gasteiger partial charge in [-0.25, -0.2) is 8.42 Å². The Kier molecular flexibility index (Phi) is 4.11. The molecule has 122 valence electrons. The van der Waals surface area contributed by atoms with Gasteiger partial charge in [0.2, 0.25) is 9.84 Å². The van der Waals surface area contributed by atoms with Crippen LogP contribution in [0.25, 0.3) is 0 Å². The second kappa shape index (κ2) is 5.61. The maximum atomic E-state index is 12.6. The van der Waals surface area contributed by atoms with Crippen molar-refractivity contribution in [2.75, 3.05) is 0 Å². The van der Waals surface area contributed by atoms with E-state index in [0.717, 1.165) is 18.2 Å². The number of phenolic OH excluding ortho intramolecular Hbond substituents is 1. The van der Waals surface area contributed by atoms with Gasteiger partial charge in [-0.1, -0.05) is 12.1 Å². The van der Waals surface area contributed by atoms with Crippen LogP contribution in [-0.2, 0) is 20.0 Å². The van der Waals surface area contributed by atoms with Crippen LogP contribution in [0.15, 0.2) is 57.2 Å². The Hall–Kier alpha value is -2.50. The number of hydrogen-bond acceptors (Lipinski definition) is 7. The Bertz CT molecular complexity index is 995. The van der Waals surface area contributed by atoms with E-state index in [4.69, 9.17) is 4.55 Å². The summed E-state index contributed by atoms with van der Waals surface area (Å²) in [5.74, 6) is -0.588. The Morgan fingerprint density at radius 3 is 2.09 bits per heavy atom. The van der Waals surface area contributed by atoms with Crippen LogP contribution in [0, 0.1) is 10.1 Å². The van der Waals surface area contributed by atoms with Gasteiger partial charge < -0.3 is 5.11 Å². The first kappa shape index (κ1) is 16.9. The average molecular weight is 359 g/mol. The van der Waals surface area contributed by atoms with E-state index in [1.54, 1.807) is 0 Å². The molecule has 0 unspecified atom stereocenters. The van der Waals surface area contributed by atoms with Crippen LogP contribution in [0.1, 0.15) is 0 Å². The number of hydrogen-bond donors (Lipinski definition) is 2. The highest BCUT2D eigenvalue weighted by Gasteiger charge is 2.32. The van der Waals surface area contributed by atoms with Crippen LogP contribution in [0.3, 0.4) is 0 Å².